The van der Waals surface area contributed by atoms with Gasteiger partial charge in [-0.15, -0.1) is 0 Å². The Kier molecular flexibility index (Phi) is 6.31. The predicted octanol–water partition coefficient (Wildman–Crippen LogP) is 9.36. The van der Waals surface area contributed by atoms with E-state index in [9.17, 15) is 0 Å². The van der Waals surface area contributed by atoms with Crippen LogP contribution in [-0.4, -0.2) is 15.0 Å². The molecule has 7 aromatic rings. The Morgan fingerprint density at radius 3 is 1.34 bits per heavy atom. The molecule has 44 heavy (non-hydrogen) atoms. The summed E-state index contributed by atoms with van der Waals surface area (Å²) in [5.74, 6) is 3.52. The predicted molar refractivity (Wildman–Crippen MR) is 175 cm³/mol. The topological polar surface area (TPSA) is 47.9 Å². The molecule has 0 bridgehead atoms. The second-order valence-electron chi connectivity index (χ2n) is 10.8. The molecule has 208 valence electrons. The van der Waals surface area contributed by atoms with Crippen molar-refractivity contribution in [2.75, 3.05) is 0 Å². The van der Waals surface area contributed by atoms with E-state index in [-0.39, 0.29) is 0 Å². The van der Waals surface area contributed by atoms with Crippen LogP contribution in [0.5, 0.6) is 11.5 Å². The standard InChI is InChI=1S/C40H27N3O/c1-5-15-28(16-6-1)37-41-38(29-17-7-2-8-18-29)43-39(42-37)30-25-26-36-34(27-30)40(31-19-9-3-10-20-31,32-21-11-4-12-22-32)33-23-13-14-24-35(33)44-36/h1-27H. The van der Waals surface area contributed by atoms with Gasteiger partial charge in [0.05, 0.1) is 5.41 Å². The highest BCUT2D eigenvalue weighted by molar-refractivity contribution is 5.74. The van der Waals surface area contributed by atoms with Gasteiger partial charge < -0.3 is 4.74 Å². The fourth-order valence-electron chi connectivity index (χ4n) is 6.28. The van der Waals surface area contributed by atoms with E-state index in [0.717, 1.165) is 50.4 Å². The van der Waals surface area contributed by atoms with Crippen molar-refractivity contribution in [1.82, 2.24) is 15.0 Å². The van der Waals surface area contributed by atoms with Crippen LogP contribution in [0, 0.1) is 0 Å². The normalized spacial score (nSPS) is 12.9. The molecule has 0 aliphatic carbocycles. The van der Waals surface area contributed by atoms with Gasteiger partial charge in [0.25, 0.3) is 0 Å². The Morgan fingerprint density at radius 1 is 0.364 bits per heavy atom. The zero-order valence-corrected chi connectivity index (χ0v) is 23.8. The number of para-hydroxylation sites is 1. The maximum Gasteiger partial charge on any atom is 0.164 e. The number of ether oxygens (including phenoxy) is 1. The summed E-state index contributed by atoms with van der Waals surface area (Å²) in [6.07, 6.45) is 0. The summed E-state index contributed by atoms with van der Waals surface area (Å²) in [7, 11) is 0. The van der Waals surface area contributed by atoms with Crippen molar-refractivity contribution in [3.63, 3.8) is 0 Å². The number of hydrogen-bond acceptors (Lipinski definition) is 4. The molecule has 4 nitrogen and oxygen atoms in total. The molecule has 0 saturated carbocycles. The van der Waals surface area contributed by atoms with Crippen molar-refractivity contribution in [3.8, 4) is 45.7 Å². The summed E-state index contributed by atoms with van der Waals surface area (Å²) >= 11 is 0. The summed E-state index contributed by atoms with van der Waals surface area (Å²) < 4.78 is 6.60. The van der Waals surface area contributed by atoms with Crippen molar-refractivity contribution < 1.29 is 4.74 Å². The molecule has 0 N–H and O–H groups in total. The highest BCUT2D eigenvalue weighted by Gasteiger charge is 2.45. The molecule has 8 rings (SSSR count). The van der Waals surface area contributed by atoms with Gasteiger partial charge in [-0.2, -0.15) is 0 Å². The molecular formula is C40H27N3O. The molecule has 0 radical (unpaired) electrons. The minimum absolute atomic E-state index is 0.606. The minimum Gasteiger partial charge on any atom is -0.457 e. The summed E-state index contributed by atoms with van der Waals surface area (Å²) in [5.41, 5.74) is 6.58. The van der Waals surface area contributed by atoms with Crippen molar-refractivity contribution in [2.45, 2.75) is 5.41 Å². The molecule has 1 aliphatic rings. The Balaban J connectivity index is 1.41. The second-order valence-corrected chi connectivity index (χ2v) is 10.8. The molecule has 0 unspecified atom stereocenters. The maximum absolute atomic E-state index is 6.60. The molecule has 0 amide bonds. The van der Waals surface area contributed by atoms with Gasteiger partial charge in [-0.1, -0.05) is 140 Å². The van der Waals surface area contributed by atoms with Crippen molar-refractivity contribution >= 4 is 0 Å². The number of aromatic nitrogens is 3. The molecule has 1 aliphatic heterocycles. The molecule has 1 aromatic heterocycles. The monoisotopic (exact) mass is 565 g/mol. The average molecular weight is 566 g/mol. The fourth-order valence-corrected chi connectivity index (χ4v) is 6.28. The van der Waals surface area contributed by atoms with Crippen LogP contribution < -0.4 is 4.74 Å². The maximum atomic E-state index is 6.60. The molecule has 6 aromatic carbocycles. The number of hydrogen-bond donors (Lipinski definition) is 0. The van der Waals surface area contributed by atoms with Gasteiger partial charge in [0, 0.05) is 27.8 Å². The lowest BCUT2D eigenvalue weighted by Gasteiger charge is -2.41. The first-order chi connectivity index (χ1) is 21.8. The van der Waals surface area contributed by atoms with E-state index < -0.39 is 5.41 Å². The minimum atomic E-state index is -0.625. The van der Waals surface area contributed by atoms with Gasteiger partial charge in [0.15, 0.2) is 17.5 Å². The van der Waals surface area contributed by atoms with E-state index in [1.54, 1.807) is 0 Å². The van der Waals surface area contributed by atoms with Crippen LogP contribution in [0.25, 0.3) is 34.2 Å². The molecule has 2 heterocycles. The third-order valence-corrected chi connectivity index (χ3v) is 8.27. The summed E-state index contributed by atoms with van der Waals surface area (Å²) in [5, 5.41) is 0. The first-order valence-electron chi connectivity index (χ1n) is 14.7. The Labute approximate surface area is 256 Å². The van der Waals surface area contributed by atoms with Crippen LogP contribution >= 0.6 is 0 Å². The summed E-state index contributed by atoms with van der Waals surface area (Å²) in [4.78, 5) is 14.9. The lowest BCUT2D eigenvalue weighted by Crippen LogP contribution is -2.34. The Bertz CT molecular complexity index is 1980. The largest absolute Gasteiger partial charge is 0.457 e. The second kappa shape index (κ2) is 10.8. The van der Waals surface area contributed by atoms with E-state index in [1.807, 2.05) is 72.8 Å². The zero-order chi connectivity index (χ0) is 29.3. The van der Waals surface area contributed by atoms with E-state index in [2.05, 4.69) is 91.0 Å². The van der Waals surface area contributed by atoms with Crippen LogP contribution in [0.4, 0.5) is 0 Å². The smallest absolute Gasteiger partial charge is 0.164 e. The van der Waals surface area contributed by atoms with Gasteiger partial charge in [0.2, 0.25) is 0 Å². The number of benzene rings is 6. The summed E-state index contributed by atoms with van der Waals surface area (Å²) in [6, 6.07) is 56.1. The number of rotatable bonds is 5. The first kappa shape index (κ1) is 25.8. The van der Waals surface area contributed by atoms with Crippen LogP contribution in [0.15, 0.2) is 164 Å². The first-order valence-corrected chi connectivity index (χ1v) is 14.7. The Hall–Kier alpha value is -5.87. The fraction of sp³-hybridized carbons (Fsp3) is 0.0250. The van der Waals surface area contributed by atoms with Crippen molar-refractivity contribution in [1.29, 1.82) is 0 Å². The molecule has 4 heteroatoms. The molecule has 0 saturated heterocycles. The van der Waals surface area contributed by atoms with Crippen molar-refractivity contribution in [2.24, 2.45) is 0 Å². The van der Waals surface area contributed by atoms with E-state index in [0.29, 0.717) is 17.5 Å². The summed E-state index contributed by atoms with van der Waals surface area (Å²) in [6.45, 7) is 0. The van der Waals surface area contributed by atoms with Crippen LogP contribution in [0.3, 0.4) is 0 Å². The third-order valence-electron chi connectivity index (χ3n) is 8.27. The van der Waals surface area contributed by atoms with Crippen LogP contribution in [0.1, 0.15) is 22.3 Å². The van der Waals surface area contributed by atoms with E-state index in [4.69, 9.17) is 19.7 Å². The number of fused-ring (bicyclic) bond motifs is 2. The molecule has 0 fully saturated rings. The van der Waals surface area contributed by atoms with E-state index in [1.165, 1.54) is 0 Å². The van der Waals surface area contributed by atoms with Crippen molar-refractivity contribution in [3.05, 3.63) is 186 Å². The number of nitrogens with zero attached hydrogens (tertiary/aromatic N) is 3. The van der Waals surface area contributed by atoms with Gasteiger partial charge in [0.1, 0.15) is 11.5 Å². The zero-order valence-electron chi connectivity index (χ0n) is 23.8. The SMILES string of the molecule is c1ccc(-c2nc(-c3ccccc3)nc(-c3ccc4c(c3)C(c3ccccc3)(c3ccccc3)c3ccccc3O4)n2)cc1. The highest BCUT2D eigenvalue weighted by atomic mass is 16.5. The Morgan fingerprint density at radius 2 is 0.795 bits per heavy atom. The lowest BCUT2D eigenvalue weighted by atomic mass is 9.63. The van der Waals surface area contributed by atoms with Gasteiger partial charge in [-0.25, -0.2) is 15.0 Å². The lowest BCUT2D eigenvalue weighted by molar-refractivity contribution is 0.434. The third kappa shape index (κ3) is 4.27. The van der Waals surface area contributed by atoms with Gasteiger partial charge >= 0.3 is 0 Å². The van der Waals surface area contributed by atoms with Crippen LogP contribution in [-0.2, 0) is 5.41 Å². The average Bonchev–Trinajstić information content (AvgIpc) is 3.12. The molecular weight excluding hydrogens is 538 g/mol. The molecule has 0 spiro atoms. The van der Waals surface area contributed by atoms with E-state index >= 15 is 0 Å². The quantitative estimate of drug-likeness (QED) is 0.209. The van der Waals surface area contributed by atoms with Gasteiger partial charge in [-0.05, 0) is 35.4 Å². The van der Waals surface area contributed by atoms with Gasteiger partial charge in [-0.3, -0.25) is 0 Å². The highest BCUT2D eigenvalue weighted by Crippen LogP contribution is 2.55. The molecule has 0 atom stereocenters. The van der Waals surface area contributed by atoms with Crippen LogP contribution in [0.2, 0.25) is 0 Å².